The summed E-state index contributed by atoms with van der Waals surface area (Å²) in [6.45, 7) is 14.2. The molecule has 0 radical (unpaired) electrons. The quantitative estimate of drug-likeness (QED) is 0.636. The Labute approximate surface area is 77.1 Å². The molecule has 2 N–H and O–H groups in total. The van der Waals surface area contributed by atoms with E-state index in [0.717, 1.165) is 13.0 Å². The Balaban J connectivity index is 3.57. The maximum Gasteiger partial charge on any atom is 0.0264 e. The first-order chi connectivity index (χ1) is 5.27. The van der Waals surface area contributed by atoms with Crippen LogP contribution in [0.25, 0.3) is 0 Å². The van der Waals surface area contributed by atoms with Gasteiger partial charge in [-0.2, -0.15) is 0 Å². The van der Waals surface area contributed by atoms with Gasteiger partial charge in [0.1, 0.15) is 0 Å². The third-order valence-corrected chi connectivity index (χ3v) is 1.93. The van der Waals surface area contributed by atoms with Crippen LogP contribution in [-0.2, 0) is 0 Å². The minimum Gasteiger partial charge on any atom is -0.257 e. The van der Waals surface area contributed by atoms with Gasteiger partial charge in [-0.25, -0.2) is 0 Å². The molecular weight excluding hydrogens is 148 g/mol. The van der Waals surface area contributed by atoms with Gasteiger partial charge < -0.3 is 0 Å². The van der Waals surface area contributed by atoms with Crippen LogP contribution in [0.4, 0.5) is 0 Å². The lowest BCUT2D eigenvalue weighted by atomic mass is 9.97. The average Bonchev–Trinajstić information content (AvgIpc) is 1.84. The van der Waals surface area contributed by atoms with Gasteiger partial charge in [0.05, 0.1) is 0 Å². The van der Waals surface area contributed by atoms with Crippen molar-refractivity contribution in [3.8, 4) is 0 Å². The van der Waals surface area contributed by atoms with Gasteiger partial charge in [0.25, 0.3) is 0 Å². The zero-order chi connectivity index (χ0) is 9.83. The topological polar surface area (TPSA) is 24.1 Å². The Bertz CT molecular complexity index is 122. The highest BCUT2D eigenvalue weighted by molar-refractivity contribution is 4.73. The van der Waals surface area contributed by atoms with Gasteiger partial charge in [-0.3, -0.25) is 10.9 Å². The predicted octanol–water partition coefficient (Wildman–Crippen LogP) is 2.32. The fourth-order valence-corrected chi connectivity index (χ4v) is 0.637. The SMILES string of the molecule is CCC(C)(C)NNCC(C)(C)C. The number of rotatable bonds is 4. The summed E-state index contributed by atoms with van der Waals surface area (Å²) in [7, 11) is 0. The summed E-state index contributed by atoms with van der Waals surface area (Å²) in [5.41, 5.74) is 7.13. The van der Waals surface area contributed by atoms with Gasteiger partial charge in [-0.05, 0) is 25.7 Å². The molecule has 0 aromatic heterocycles. The van der Waals surface area contributed by atoms with Crippen molar-refractivity contribution in [2.75, 3.05) is 6.54 Å². The lowest BCUT2D eigenvalue weighted by Gasteiger charge is -2.28. The maximum atomic E-state index is 3.32. The molecule has 0 bridgehead atoms. The zero-order valence-electron chi connectivity index (χ0n) is 9.41. The molecule has 2 heteroatoms. The van der Waals surface area contributed by atoms with Gasteiger partial charge in [0.15, 0.2) is 0 Å². The van der Waals surface area contributed by atoms with Gasteiger partial charge in [0.2, 0.25) is 0 Å². The second-order valence-corrected chi connectivity index (χ2v) is 5.28. The van der Waals surface area contributed by atoms with E-state index in [4.69, 9.17) is 0 Å². The van der Waals surface area contributed by atoms with E-state index in [1.54, 1.807) is 0 Å². The highest BCUT2D eigenvalue weighted by Crippen LogP contribution is 2.10. The Morgan fingerprint density at radius 1 is 1.00 bits per heavy atom. The molecule has 2 nitrogen and oxygen atoms in total. The first-order valence-corrected chi connectivity index (χ1v) is 4.77. The summed E-state index contributed by atoms with van der Waals surface area (Å²) in [5.74, 6) is 0. The Morgan fingerprint density at radius 2 is 1.50 bits per heavy atom. The summed E-state index contributed by atoms with van der Waals surface area (Å²) >= 11 is 0. The third-order valence-electron chi connectivity index (χ3n) is 1.93. The first kappa shape index (κ1) is 11.9. The van der Waals surface area contributed by atoms with Gasteiger partial charge in [0, 0.05) is 12.1 Å². The molecule has 0 saturated carbocycles. The van der Waals surface area contributed by atoms with Crippen LogP contribution < -0.4 is 10.9 Å². The van der Waals surface area contributed by atoms with E-state index >= 15 is 0 Å². The molecule has 0 saturated heterocycles. The van der Waals surface area contributed by atoms with Crippen LogP contribution in [0.5, 0.6) is 0 Å². The van der Waals surface area contributed by atoms with Crippen LogP contribution in [0, 0.1) is 5.41 Å². The summed E-state index contributed by atoms with van der Waals surface area (Å²) in [6, 6.07) is 0. The number of nitrogens with one attached hydrogen (secondary N) is 2. The van der Waals surface area contributed by atoms with Crippen molar-refractivity contribution >= 4 is 0 Å². The minimum atomic E-state index is 0.200. The van der Waals surface area contributed by atoms with E-state index in [9.17, 15) is 0 Å². The van der Waals surface area contributed by atoms with Crippen LogP contribution >= 0.6 is 0 Å². The van der Waals surface area contributed by atoms with Crippen LogP contribution in [0.3, 0.4) is 0 Å². The normalized spacial score (nSPS) is 13.5. The molecule has 0 rings (SSSR count). The molecule has 0 heterocycles. The Kier molecular flexibility index (Phi) is 4.21. The van der Waals surface area contributed by atoms with Crippen LogP contribution in [-0.4, -0.2) is 12.1 Å². The second-order valence-electron chi connectivity index (χ2n) is 5.28. The van der Waals surface area contributed by atoms with Crippen LogP contribution in [0.2, 0.25) is 0 Å². The highest BCUT2D eigenvalue weighted by atomic mass is 15.4. The fraction of sp³-hybridized carbons (Fsp3) is 1.00. The third kappa shape index (κ3) is 6.62. The molecule has 0 atom stereocenters. The average molecular weight is 172 g/mol. The first-order valence-electron chi connectivity index (χ1n) is 4.77. The van der Waals surface area contributed by atoms with Gasteiger partial charge in [-0.1, -0.05) is 27.7 Å². The number of hydrazine groups is 1. The van der Waals surface area contributed by atoms with Crippen molar-refractivity contribution in [2.45, 2.75) is 53.5 Å². The molecule has 0 amide bonds. The highest BCUT2D eigenvalue weighted by Gasteiger charge is 2.15. The van der Waals surface area contributed by atoms with Crippen molar-refractivity contribution in [2.24, 2.45) is 5.41 Å². The molecule has 0 spiro atoms. The van der Waals surface area contributed by atoms with E-state index in [1.165, 1.54) is 0 Å². The van der Waals surface area contributed by atoms with E-state index in [-0.39, 0.29) is 5.54 Å². The molecular formula is C10H24N2. The maximum absolute atomic E-state index is 3.32. The largest absolute Gasteiger partial charge is 0.257 e. The zero-order valence-corrected chi connectivity index (χ0v) is 9.41. The molecule has 0 unspecified atom stereocenters. The van der Waals surface area contributed by atoms with Gasteiger partial charge in [-0.15, -0.1) is 0 Å². The van der Waals surface area contributed by atoms with Crippen LogP contribution in [0.15, 0.2) is 0 Å². The monoisotopic (exact) mass is 172 g/mol. The Hall–Kier alpha value is -0.0800. The van der Waals surface area contributed by atoms with Crippen molar-refractivity contribution in [3.63, 3.8) is 0 Å². The standard InChI is InChI=1S/C10H24N2/c1-7-10(5,6)12-11-8-9(2,3)4/h11-12H,7-8H2,1-6H3. The molecule has 0 aliphatic rings. The fourth-order valence-electron chi connectivity index (χ4n) is 0.637. The van der Waals surface area contributed by atoms with Crippen molar-refractivity contribution in [3.05, 3.63) is 0 Å². The molecule has 0 aliphatic heterocycles. The molecule has 0 fully saturated rings. The van der Waals surface area contributed by atoms with E-state index < -0.39 is 0 Å². The van der Waals surface area contributed by atoms with Gasteiger partial charge >= 0.3 is 0 Å². The predicted molar refractivity (Wildman–Crippen MR) is 55.0 cm³/mol. The molecule has 0 aliphatic carbocycles. The Morgan fingerprint density at radius 3 is 1.83 bits per heavy atom. The van der Waals surface area contributed by atoms with E-state index in [2.05, 4.69) is 52.4 Å². The molecule has 0 aromatic carbocycles. The molecule has 12 heavy (non-hydrogen) atoms. The number of hydrogen-bond donors (Lipinski definition) is 2. The summed E-state index contributed by atoms with van der Waals surface area (Å²) in [6.07, 6.45) is 1.13. The van der Waals surface area contributed by atoms with Crippen LogP contribution in [0.1, 0.15) is 48.0 Å². The molecule has 74 valence electrons. The lowest BCUT2D eigenvalue weighted by Crippen LogP contribution is -2.50. The van der Waals surface area contributed by atoms with Crippen molar-refractivity contribution in [1.82, 2.24) is 10.9 Å². The summed E-state index contributed by atoms with van der Waals surface area (Å²) in [4.78, 5) is 0. The second kappa shape index (κ2) is 4.24. The van der Waals surface area contributed by atoms with E-state index in [0.29, 0.717) is 5.41 Å². The van der Waals surface area contributed by atoms with Crippen molar-refractivity contribution < 1.29 is 0 Å². The van der Waals surface area contributed by atoms with E-state index in [1.807, 2.05) is 0 Å². The lowest BCUT2D eigenvalue weighted by molar-refractivity contribution is 0.273. The smallest absolute Gasteiger partial charge is 0.0264 e. The number of hydrogen-bond acceptors (Lipinski definition) is 2. The minimum absolute atomic E-state index is 0.200. The summed E-state index contributed by atoms with van der Waals surface area (Å²) in [5, 5.41) is 0. The van der Waals surface area contributed by atoms with Crippen molar-refractivity contribution in [1.29, 1.82) is 0 Å². The molecule has 0 aromatic rings. The summed E-state index contributed by atoms with van der Waals surface area (Å²) < 4.78 is 0.